The molecule has 166 valence electrons. The number of hydrogen-bond acceptors (Lipinski definition) is 4. The van der Waals surface area contributed by atoms with Crippen LogP contribution in [-0.2, 0) is 14.8 Å². The number of carbonyl (C=O) groups excluding carboxylic acids is 2. The maximum absolute atomic E-state index is 13.1. The van der Waals surface area contributed by atoms with E-state index >= 15 is 0 Å². The molecule has 2 amide bonds. The standard InChI is InChI=1S/C24H25N3O4S/c1-32(30,31)26-20-11-9-19(10-12-20)25-23(28)18-13-15-27(16-14-18)24(29)22-8-4-6-17-5-2-3-7-21(17)22/h2-12,18,26H,13-16H2,1H3,(H,25,28). The number of nitrogens with zero attached hydrogens (tertiary/aromatic N) is 1. The van der Waals surface area contributed by atoms with Crippen LogP contribution in [0.15, 0.2) is 66.7 Å². The fourth-order valence-corrected chi connectivity index (χ4v) is 4.57. The van der Waals surface area contributed by atoms with Crippen LogP contribution < -0.4 is 10.0 Å². The predicted octanol–water partition coefficient (Wildman–Crippen LogP) is 3.70. The van der Waals surface area contributed by atoms with Crippen molar-refractivity contribution in [1.82, 2.24) is 4.90 Å². The maximum atomic E-state index is 13.1. The molecule has 0 spiro atoms. The summed E-state index contributed by atoms with van der Waals surface area (Å²) in [4.78, 5) is 27.6. The lowest BCUT2D eigenvalue weighted by Gasteiger charge is -2.31. The van der Waals surface area contributed by atoms with Gasteiger partial charge in [-0.3, -0.25) is 14.3 Å². The van der Waals surface area contributed by atoms with E-state index in [0.29, 0.717) is 42.9 Å². The number of amides is 2. The summed E-state index contributed by atoms with van der Waals surface area (Å²) in [6.07, 6.45) is 2.27. The quantitative estimate of drug-likeness (QED) is 0.618. The molecule has 0 radical (unpaired) electrons. The predicted molar refractivity (Wildman–Crippen MR) is 126 cm³/mol. The average Bonchev–Trinajstić information content (AvgIpc) is 2.78. The number of benzene rings is 3. The van der Waals surface area contributed by atoms with Crippen molar-refractivity contribution in [2.24, 2.45) is 5.92 Å². The van der Waals surface area contributed by atoms with Crippen LogP contribution in [0, 0.1) is 5.92 Å². The zero-order valence-electron chi connectivity index (χ0n) is 17.7. The van der Waals surface area contributed by atoms with Gasteiger partial charge in [0.2, 0.25) is 15.9 Å². The number of rotatable bonds is 5. The lowest BCUT2D eigenvalue weighted by Crippen LogP contribution is -2.41. The number of likely N-dealkylation sites (tertiary alicyclic amines) is 1. The molecule has 0 aliphatic carbocycles. The third kappa shape index (κ3) is 5.08. The van der Waals surface area contributed by atoms with Gasteiger partial charge in [0.15, 0.2) is 0 Å². The van der Waals surface area contributed by atoms with Crippen molar-refractivity contribution in [1.29, 1.82) is 0 Å². The highest BCUT2D eigenvalue weighted by Crippen LogP contribution is 2.25. The van der Waals surface area contributed by atoms with Gasteiger partial charge < -0.3 is 10.2 Å². The van der Waals surface area contributed by atoms with Crippen LogP contribution in [0.2, 0.25) is 0 Å². The molecule has 0 saturated carbocycles. The Balaban J connectivity index is 1.35. The Morgan fingerprint density at radius 3 is 2.19 bits per heavy atom. The molecule has 1 saturated heterocycles. The first-order valence-electron chi connectivity index (χ1n) is 10.5. The third-order valence-electron chi connectivity index (χ3n) is 5.63. The first-order valence-corrected chi connectivity index (χ1v) is 12.3. The van der Waals surface area contributed by atoms with Gasteiger partial charge in [0.1, 0.15) is 0 Å². The number of hydrogen-bond donors (Lipinski definition) is 2. The molecule has 0 atom stereocenters. The van der Waals surface area contributed by atoms with Gasteiger partial charge in [-0.1, -0.05) is 36.4 Å². The van der Waals surface area contributed by atoms with E-state index in [1.807, 2.05) is 47.4 Å². The highest BCUT2D eigenvalue weighted by atomic mass is 32.2. The Bertz CT molecular complexity index is 1240. The lowest BCUT2D eigenvalue weighted by atomic mass is 9.94. The third-order valence-corrected chi connectivity index (χ3v) is 6.24. The fraction of sp³-hybridized carbons (Fsp3) is 0.250. The monoisotopic (exact) mass is 451 g/mol. The van der Waals surface area contributed by atoms with Crippen molar-refractivity contribution in [2.45, 2.75) is 12.8 Å². The number of anilines is 2. The zero-order chi connectivity index (χ0) is 22.7. The van der Waals surface area contributed by atoms with Crippen LogP contribution in [0.1, 0.15) is 23.2 Å². The van der Waals surface area contributed by atoms with Gasteiger partial charge in [-0.25, -0.2) is 8.42 Å². The van der Waals surface area contributed by atoms with Gasteiger partial charge in [0, 0.05) is 35.9 Å². The normalized spacial score (nSPS) is 14.8. The van der Waals surface area contributed by atoms with Gasteiger partial charge in [-0.15, -0.1) is 0 Å². The number of carbonyl (C=O) groups is 2. The molecule has 1 aliphatic rings. The van der Waals surface area contributed by atoms with Crippen LogP contribution in [-0.4, -0.2) is 44.5 Å². The van der Waals surface area contributed by atoms with Crippen molar-refractivity contribution in [2.75, 3.05) is 29.4 Å². The van der Waals surface area contributed by atoms with Crippen molar-refractivity contribution < 1.29 is 18.0 Å². The summed E-state index contributed by atoms with van der Waals surface area (Å²) >= 11 is 0. The van der Waals surface area contributed by atoms with Crippen molar-refractivity contribution >= 4 is 44.0 Å². The molecule has 7 nitrogen and oxygen atoms in total. The Morgan fingerprint density at radius 2 is 1.50 bits per heavy atom. The number of piperidine rings is 1. The first-order chi connectivity index (χ1) is 15.3. The Labute approximate surface area is 187 Å². The van der Waals surface area contributed by atoms with Crippen molar-refractivity contribution in [3.05, 3.63) is 72.3 Å². The van der Waals surface area contributed by atoms with E-state index in [1.54, 1.807) is 24.3 Å². The summed E-state index contributed by atoms with van der Waals surface area (Å²) in [6.45, 7) is 1.05. The molecule has 3 aromatic carbocycles. The second-order valence-corrected chi connectivity index (χ2v) is 9.78. The molecule has 4 rings (SSSR count). The zero-order valence-corrected chi connectivity index (χ0v) is 18.6. The first kappa shape index (κ1) is 21.8. The second-order valence-electron chi connectivity index (χ2n) is 8.03. The maximum Gasteiger partial charge on any atom is 0.254 e. The summed E-state index contributed by atoms with van der Waals surface area (Å²) < 4.78 is 25.0. The molecule has 2 N–H and O–H groups in total. The Kier molecular flexibility index (Phi) is 6.14. The number of sulfonamides is 1. The summed E-state index contributed by atoms with van der Waals surface area (Å²) in [5.74, 6) is -0.277. The lowest BCUT2D eigenvalue weighted by molar-refractivity contribution is -0.121. The SMILES string of the molecule is CS(=O)(=O)Nc1ccc(NC(=O)C2CCN(C(=O)c3cccc4ccccc34)CC2)cc1. The van der Waals surface area contributed by atoms with Gasteiger partial charge in [-0.05, 0) is 53.9 Å². The van der Waals surface area contributed by atoms with E-state index in [9.17, 15) is 18.0 Å². The Hall–Kier alpha value is -3.39. The Morgan fingerprint density at radius 1 is 0.875 bits per heavy atom. The molecule has 3 aromatic rings. The number of fused-ring (bicyclic) bond motifs is 1. The van der Waals surface area contributed by atoms with E-state index in [2.05, 4.69) is 10.0 Å². The van der Waals surface area contributed by atoms with Gasteiger partial charge >= 0.3 is 0 Å². The van der Waals surface area contributed by atoms with Gasteiger partial charge in [-0.2, -0.15) is 0 Å². The molecule has 0 bridgehead atoms. The summed E-state index contributed by atoms with van der Waals surface area (Å²) in [5.41, 5.74) is 1.72. The van der Waals surface area contributed by atoms with E-state index < -0.39 is 10.0 Å². The van der Waals surface area contributed by atoms with Crippen molar-refractivity contribution in [3.63, 3.8) is 0 Å². The summed E-state index contributed by atoms with van der Waals surface area (Å²) in [6, 6.07) is 20.1. The van der Waals surface area contributed by atoms with Gasteiger partial charge in [0.05, 0.1) is 6.26 Å². The molecular formula is C24H25N3O4S. The molecule has 1 heterocycles. The molecule has 1 aliphatic heterocycles. The van der Waals surface area contributed by atoms with Crippen LogP contribution >= 0.6 is 0 Å². The molecule has 8 heteroatoms. The topological polar surface area (TPSA) is 95.6 Å². The average molecular weight is 452 g/mol. The van der Waals surface area contributed by atoms with Crippen LogP contribution in [0.5, 0.6) is 0 Å². The van der Waals surface area contributed by atoms with E-state index in [1.165, 1.54) is 0 Å². The second kappa shape index (κ2) is 9.00. The summed E-state index contributed by atoms with van der Waals surface area (Å²) in [7, 11) is -3.34. The minimum Gasteiger partial charge on any atom is -0.339 e. The van der Waals surface area contributed by atoms with Crippen molar-refractivity contribution in [3.8, 4) is 0 Å². The van der Waals surface area contributed by atoms with E-state index in [4.69, 9.17) is 0 Å². The highest BCUT2D eigenvalue weighted by molar-refractivity contribution is 7.92. The molecule has 1 fully saturated rings. The molecule has 32 heavy (non-hydrogen) atoms. The number of nitrogens with one attached hydrogen (secondary N) is 2. The van der Waals surface area contributed by atoms with E-state index in [0.717, 1.165) is 17.0 Å². The van der Waals surface area contributed by atoms with Crippen LogP contribution in [0.3, 0.4) is 0 Å². The van der Waals surface area contributed by atoms with E-state index in [-0.39, 0.29) is 17.7 Å². The highest BCUT2D eigenvalue weighted by Gasteiger charge is 2.28. The smallest absolute Gasteiger partial charge is 0.254 e. The minimum absolute atomic E-state index is 0.00498. The minimum atomic E-state index is -3.34. The largest absolute Gasteiger partial charge is 0.339 e. The molecular weight excluding hydrogens is 426 g/mol. The fourth-order valence-electron chi connectivity index (χ4n) is 4.01. The van der Waals surface area contributed by atoms with Gasteiger partial charge in [0.25, 0.3) is 5.91 Å². The van der Waals surface area contributed by atoms with Crippen LogP contribution in [0.25, 0.3) is 10.8 Å². The molecule has 0 aromatic heterocycles. The van der Waals surface area contributed by atoms with Crippen LogP contribution in [0.4, 0.5) is 11.4 Å². The summed E-state index contributed by atoms with van der Waals surface area (Å²) in [5, 5.41) is 4.85. The molecule has 0 unspecified atom stereocenters.